The van der Waals surface area contributed by atoms with Gasteiger partial charge in [-0.3, -0.25) is 4.79 Å². The molecule has 1 amide bonds. The van der Waals surface area contributed by atoms with Crippen molar-refractivity contribution in [2.75, 3.05) is 20.6 Å². The molecule has 6 heteroatoms. The van der Waals surface area contributed by atoms with E-state index in [2.05, 4.69) is 58.4 Å². The molecule has 1 aromatic rings. The number of amides is 1. The Kier molecular flexibility index (Phi) is 8.09. The minimum Gasteiger partial charge on any atom is -0.354 e. The van der Waals surface area contributed by atoms with Gasteiger partial charge in [0.15, 0.2) is 5.96 Å². The van der Waals surface area contributed by atoms with Gasteiger partial charge in [-0.2, -0.15) is 0 Å². The first-order chi connectivity index (χ1) is 10.8. The molecule has 0 aliphatic rings. The molecule has 0 bridgehead atoms. The van der Waals surface area contributed by atoms with Crippen molar-refractivity contribution in [2.45, 2.75) is 39.3 Å². The SMILES string of the molecule is CCC(C)NC(=NCC(=O)N(C)C)NC(C)c1ccccc1Br. The van der Waals surface area contributed by atoms with Crippen molar-refractivity contribution in [1.29, 1.82) is 0 Å². The zero-order valence-corrected chi connectivity index (χ0v) is 16.1. The minimum absolute atomic E-state index is 0.0243. The van der Waals surface area contributed by atoms with Gasteiger partial charge in [0.1, 0.15) is 6.54 Å². The predicted octanol–water partition coefficient (Wildman–Crippen LogP) is 2.93. The third-order valence-electron chi connectivity index (χ3n) is 3.59. The van der Waals surface area contributed by atoms with Gasteiger partial charge in [0.25, 0.3) is 0 Å². The Bertz CT molecular complexity index is 545. The van der Waals surface area contributed by atoms with E-state index in [1.54, 1.807) is 19.0 Å². The zero-order chi connectivity index (χ0) is 17.4. The van der Waals surface area contributed by atoms with Crippen LogP contribution in [-0.2, 0) is 4.79 Å². The fourth-order valence-electron chi connectivity index (χ4n) is 1.87. The van der Waals surface area contributed by atoms with Crippen LogP contribution >= 0.6 is 15.9 Å². The second-order valence-electron chi connectivity index (χ2n) is 5.79. The van der Waals surface area contributed by atoms with Crippen molar-refractivity contribution in [1.82, 2.24) is 15.5 Å². The van der Waals surface area contributed by atoms with Gasteiger partial charge < -0.3 is 15.5 Å². The molecule has 0 fully saturated rings. The summed E-state index contributed by atoms with van der Waals surface area (Å²) < 4.78 is 1.05. The molecule has 0 aromatic heterocycles. The zero-order valence-electron chi connectivity index (χ0n) is 14.6. The highest BCUT2D eigenvalue weighted by Crippen LogP contribution is 2.22. The van der Waals surface area contributed by atoms with E-state index in [9.17, 15) is 4.79 Å². The Morgan fingerprint density at radius 3 is 2.48 bits per heavy atom. The summed E-state index contributed by atoms with van der Waals surface area (Å²) >= 11 is 3.57. The summed E-state index contributed by atoms with van der Waals surface area (Å²) in [7, 11) is 3.47. The van der Waals surface area contributed by atoms with Crippen LogP contribution in [0.15, 0.2) is 33.7 Å². The third-order valence-corrected chi connectivity index (χ3v) is 4.31. The Hall–Kier alpha value is -1.56. The summed E-state index contributed by atoms with van der Waals surface area (Å²) in [4.78, 5) is 17.7. The summed E-state index contributed by atoms with van der Waals surface area (Å²) in [6.45, 7) is 6.40. The number of carbonyl (C=O) groups is 1. The lowest BCUT2D eigenvalue weighted by Gasteiger charge is -2.22. The van der Waals surface area contributed by atoms with Crippen LogP contribution < -0.4 is 10.6 Å². The van der Waals surface area contributed by atoms with Gasteiger partial charge in [-0.15, -0.1) is 0 Å². The molecule has 2 N–H and O–H groups in total. The lowest BCUT2D eigenvalue weighted by atomic mass is 10.1. The molecule has 5 nitrogen and oxygen atoms in total. The summed E-state index contributed by atoms with van der Waals surface area (Å²) in [5.41, 5.74) is 1.14. The Morgan fingerprint density at radius 1 is 1.26 bits per heavy atom. The Balaban J connectivity index is 2.85. The van der Waals surface area contributed by atoms with E-state index in [1.807, 2.05) is 18.2 Å². The number of nitrogens with one attached hydrogen (secondary N) is 2. The molecule has 23 heavy (non-hydrogen) atoms. The molecule has 0 aliphatic heterocycles. The van der Waals surface area contributed by atoms with Crippen LogP contribution in [0.3, 0.4) is 0 Å². The van der Waals surface area contributed by atoms with Crippen LogP contribution in [0.2, 0.25) is 0 Å². The average molecular weight is 383 g/mol. The van der Waals surface area contributed by atoms with Crippen molar-refractivity contribution in [2.24, 2.45) is 4.99 Å². The van der Waals surface area contributed by atoms with Gasteiger partial charge >= 0.3 is 0 Å². The van der Waals surface area contributed by atoms with Gasteiger partial charge in [0, 0.05) is 24.6 Å². The number of likely N-dealkylation sites (N-methyl/N-ethyl adjacent to an activating group) is 1. The first-order valence-electron chi connectivity index (χ1n) is 7.87. The molecular formula is C17H27BrN4O. The Labute approximate surface area is 147 Å². The number of rotatable bonds is 6. The molecule has 0 saturated carbocycles. The molecule has 0 heterocycles. The molecule has 1 rings (SSSR count). The molecule has 0 spiro atoms. The minimum atomic E-state index is -0.0243. The lowest BCUT2D eigenvalue weighted by molar-refractivity contribution is -0.127. The van der Waals surface area contributed by atoms with Gasteiger partial charge in [-0.25, -0.2) is 4.99 Å². The molecule has 2 atom stereocenters. The average Bonchev–Trinajstić information content (AvgIpc) is 2.52. The largest absolute Gasteiger partial charge is 0.354 e. The van der Waals surface area contributed by atoms with Crippen molar-refractivity contribution in [3.63, 3.8) is 0 Å². The van der Waals surface area contributed by atoms with Crippen LogP contribution in [0.1, 0.15) is 38.8 Å². The lowest BCUT2D eigenvalue weighted by Crippen LogP contribution is -2.43. The van der Waals surface area contributed by atoms with Crippen molar-refractivity contribution < 1.29 is 4.79 Å². The summed E-state index contributed by atoms with van der Waals surface area (Å²) in [5.74, 6) is 0.626. The summed E-state index contributed by atoms with van der Waals surface area (Å²) in [6, 6.07) is 8.42. The topological polar surface area (TPSA) is 56.7 Å². The molecule has 2 unspecified atom stereocenters. The van der Waals surface area contributed by atoms with Crippen LogP contribution in [0.25, 0.3) is 0 Å². The standard InChI is InChI=1S/C17H27BrN4O/c1-6-12(2)20-17(19-11-16(23)22(4)5)21-13(3)14-9-7-8-10-15(14)18/h7-10,12-13H,6,11H2,1-5H3,(H2,19,20,21). The number of guanidine groups is 1. The first-order valence-corrected chi connectivity index (χ1v) is 8.66. The van der Waals surface area contributed by atoms with Crippen LogP contribution in [-0.4, -0.2) is 43.4 Å². The normalized spacial score (nSPS) is 14.1. The number of carbonyl (C=O) groups excluding carboxylic acids is 1. The predicted molar refractivity (Wildman–Crippen MR) is 99.6 cm³/mol. The highest BCUT2D eigenvalue weighted by molar-refractivity contribution is 9.10. The van der Waals surface area contributed by atoms with E-state index >= 15 is 0 Å². The first kappa shape index (κ1) is 19.5. The molecule has 0 radical (unpaired) electrons. The summed E-state index contributed by atoms with van der Waals surface area (Å²) in [6.07, 6.45) is 0.978. The fourth-order valence-corrected chi connectivity index (χ4v) is 2.49. The molecule has 0 saturated heterocycles. The van der Waals surface area contributed by atoms with Crippen molar-refractivity contribution >= 4 is 27.8 Å². The fraction of sp³-hybridized carbons (Fsp3) is 0.529. The van der Waals surface area contributed by atoms with E-state index < -0.39 is 0 Å². The van der Waals surface area contributed by atoms with E-state index in [-0.39, 0.29) is 24.5 Å². The Morgan fingerprint density at radius 2 is 1.91 bits per heavy atom. The van der Waals surface area contributed by atoms with E-state index in [0.717, 1.165) is 16.5 Å². The quantitative estimate of drug-likeness (QED) is 0.587. The van der Waals surface area contributed by atoms with E-state index in [1.165, 1.54) is 0 Å². The highest BCUT2D eigenvalue weighted by Gasteiger charge is 2.13. The number of benzene rings is 1. The van der Waals surface area contributed by atoms with Crippen molar-refractivity contribution in [3.8, 4) is 0 Å². The van der Waals surface area contributed by atoms with Gasteiger partial charge in [0.05, 0.1) is 6.04 Å². The van der Waals surface area contributed by atoms with Gasteiger partial charge in [-0.05, 0) is 31.9 Å². The number of hydrogen-bond acceptors (Lipinski definition) is 2. The molecular weight excluding hydrogens is 356 g/mol. The van der Waals surface area contributed by atoms with Crippen LogP contribution in [0.4, 0.5) is 0 Å². The van der Waals surface area contributed by atoms with E-state index in [4.69, 9.17) is 0 Å². The summed E-state index contributed by atoms with van der Waals surface area (Å²) in [5, 5.41) is 6.71. The monoisotopic (exact) mass is 382 g/mol. The third kappa shape index (κ3) is 6.60. The molecule has 0 aliphatic carbocycles. The smallest absolute Gasteiger partial charge is 0.243 e. The molecule has 128 valence electrons. The number of aliphatic imine (C=N–C) groups is 1. The highest BCUT2D eigenvalue weighted by atomic mass is 79.9. The maximum atomic E-state index is 11.8. The second kappa shape index (κ2) is 9.55. The number of halogens is 1. The van der Waals surface area contributed by atoms with Gasteiger partial charge in [0.2, 0.25) is 5.91 Å². The second-order valence-corrected chi connectivity index (χ2v) is 6.65. The van der Waals surface area contributed by atoms with Crippen molar-refractivity contribution in [3.05, 3.63) is 34.3 Å². The number of hydrogen-bond donors (Lipinski definition) is 2. The van der Waals surface area contributed by atoms with Crippen LogP contribution in [0.5, 0.6) is 0 Å². The molecule has 1 aromatic carbocycles. The maximum Gasteiger partial charge on any atom is 0.243 e. The van der Waals surface area contributed by atoms with E-state index in [0.29, 0.717) is 5.96 Å². The van der Waals surface area contributed by atoms with Crippen LogP contribution in [0, 0.1) is 0 Å². The van der Waals surface area contributed by atoms with Gasteiger partial charge in [-0.1, -0.05) is 41.1 Å². The number of nitrogens with zero attached hydrogens (tertiary/aromatic N) is 2. The maximum absolute atomic E-state index is 11.8.